The first-order chi connectivity index (χ1) is 9.56. The Kier molecular flexibility index (Phi) is 4.96. The molecule has 106 valence electrons. The van der Waals surface area contributed by atoms with Gasteiger partial charge in [0.2, 0.25) is 0 Å². The average molecular weight is 287 g/mol. The molecule has 2 aromatic carbocycles. The van der Waals surface area contributed by atoms with Gasteiger partial charge >= 0.3 is 0 Å². The Morgan fingerprint density at radius 3 is 2.60 bits per heavy atom. The summed E-state index contributed by atoms with van der Waals surface area (Å²) in [5, 5.41) is 0. The maximum Gasteiger partial charge on any atom is 0.143 e. The Balaban J connectivity index is 2.08. The maximum atomic E-state index is 5.93. The van der Waals surface area contributed by atoms with Crippen molar-refractivity contribution in [2.45, 2.75) is 37.5 Å². The Morgan fingerprint density at radius 2 is 1.90 bits per heavy atom. The zero-order valence-corrected chi connectivity index (χ0v) is 13.0. The number of thioether (sulfide) groups is 1. The summed E-state index contributed by atoms with van der Waals surface area (Å²) in [5.41, 5.74) is 9.32. The van der Waals surface area contributed by atoms with E-state index in [4.69, 9.17) is 10.5 Å². The molecule has 0 bridgehead atoms. The van der Waals surface area contributed by atoms with E-state index < -0.39 is 0 Å². The molecule has 2 nitrogen and oxygen atoms in total. The van der Waals surface area contributed by atoms with Gasteiger partial charge in [0.15, 0.2) is 0 Å². The fourth-order valence-corrected chi connectivity index (χ4v) is 2.89. The minimum Gasteiger partial charge on any atom is -0.489 e. The van der Waals surface area contributed by atoms with Gasteiger partial charge in [0.05, 0.1) is 11.8 Å². The third-order valence-electron chi connectivity index (χ3n) is 3.00. The van der Waals surface area contributed by atoms with Gasteiger partial charge in [-0.05, 0) is 50.1 Å². The minimum atomic E-state index is 0.133. The zero-order valence-electron chi connectivity index (χ0n) is 12.2. The summed E-state index contributed by atoms with van der Waals surface area (Å²) >= 11 is 1.80. The Morgan fingerprint density at radius 1 is 1.15 bits per heavy atom. The number of nitrogen functional groups attached to an aromatic ring is 1. The smallest absolute Gasteiger partial charge is 0.143 e. The van der Waals surface area contributed by atoms with Crippen molar-refractivity contribution in [3.05, 3.63) is 53.6 Å². The van der Waals surface area contributed by atoms with Crippen LogP contribution in [-0.4, -0.2) is 6.10 Å². The molecule has 0 fully saturated rings. The fraction of sp³-hybridized carbons (Fsp3) is 0.294. The largest absolute Gasteiger partial charge is 0.489 e. The van der Waals surface area contributed by atoms with Crippen LogP contribution in [0.3, 0.4) is 0 Å². The van der Waals surface area contributed by atoms with E-state index in [2.05, 4.69) is 31.2 Å². The van der Waals surface area contributed by atoms with E-state index in [0.717, 1.165) is 11.5 Å². The van der Waals surface area contributed by atoms with Crippen LogP contribution in [0.25, 0.3) is 0 Å². The molecule has 0 saturated heterocycles. The molecular weight excluding hydrogens is 266 g/mol. The topological polar surface area (TPSA) is 35.2 Å². The molecular formula is C17H21NOS. The van der Waals surface area contributed by atoms with Crippen LogP contribution in [0.5, 0.6) is 5.75 Å². The van der Waals surface area contributed by atoms with Crippen molar-refractivity contribution in [3.63, 3.8) is 0 Å². The van der Waals surface area contributed by atoms with E-state index in [1.165, 1.54) is 16.0 Å². The number of aryl methyl sites for hydroxylation is 1. The van der Waals surface area contributed by atoms with Gasteiger partial charge < -0.3 is 10.5 Å². The number of ether oxygens (including phenoxy) is 1. The van der Waals surface area contributed by atoms with E-state index in [0.29, 0.717) is 5.69 Å². The molecule has 0 aliphatic carbocycles. The molecule has 0 heterocycles. The number of nitrogens with two attached hydrogens (primary N) is 1. The number of hydrogen-bond acceptors (Lipinski definition) is 3. The normalized spacial score (nSPS) is 10.8. The molecule has 0 aromatic heterocycles. The summed E-state index contributed by atoms with van der Waals surface area (Å²) in [6.45, 7) is 6.16. The van der Waals surface area contributed by atoms with E-state index >= 15 is 0 Å². The lowest BCUT2D eigenvalue weighted by Gasteiger charge is -2.13. The molecule has 0 aliphatic heterocycles. The number of anilines is 1. The molecule has 2 aromatic rings. The molecule has 0 saturated carbocycles. The molecule has 20 heavy (non-hydrogen) atoms. The van der Waals surface area contributed by atoms with Crippen molar-refractivity contribution in [1.29, 1.82) is 0 Å². The first kappa shape index (κ1) is 14.8. The highest BCUT2D eigenvalue weighted by Gasteiger charge is 2.06. The summed E-state index contributed by atoms with van der Waals surface area (Å²) in [4.78, 5) is 1.18. The van der Waals surface area contributed by atoms with E-state index in [-0.39, 0.29) is 6.10 Å². The van der Waals surface area contributed by atoms with Crippen LogP contribution in [0.2, 0.25) is 0 Å². The van der Waals surface area contributed by atoms with E-state index in [1.54, 1.807) is 11.8 Å². The van der Waals surface area contributed by atoms with Gasteiger partial charge in [0, 0.05) is 10.6 Å². The molecule has 3 heteroatoms. The molecule has 2 rings (SSSR count). The van der Waals surface area contributed by atoms with Crippen LogP contribution >= 0.6 is 11.8 Å². The van der Waals surface area contributed by atoms with Crippen molar-refractivity contribution < 1.29 is 4.74 Å². The molecule has 0 aliphatic rings. The lowest BCUT2D eigenvalue weighted by atomic mass is 10.1. The predicted molar refractivity (Wildman–Crippen MR) is 87.4 cm³/mol. The van der Waals surface area contributed by atoms with Gasteiger partial charge in [0.25, 0.3) is 0 Å². The monoisotopic (exact) mass is 287 g/mol. The second-order valence-corrected chi connectivity index (χ2v) is 6.13. The van der Waals surface area contributed by atoms with Crippen LogP contribution in [0.1, 0.15) is 25.0 Å². The SMILES string of the molecule is Cc1ccccc1CSc1ccc(N)c(OC(C)C)c1. The molecule has 0 amide bonds. The van der Waals surface area contributed by atoms with Gasteiger partial charge in [-0.25, -0.2) is 0 Å². The first-order valence-corrected chi connectivity index (χ1v) is 7.78. The van der Waals surface area contributed by atoms with Crippen LogP contribution in [0, 0.1) is 6.92 Å². The van der Waals surface area contributed by atoms with Crippen LogP contribution < -0.4 is 10.5 Å². The van der Waals surface area contributed by atoms with Crippen molar-refractivity contribution in [2.75, 3.05) is 5.73 Å². The standard InChI is InChI=1S/C17H21NOS/c1-12(2)19-17-10-15(8-9-16(17)18)20-11-14-7-5-4-6-13(14)3/h4-10,12H,11,18H2,1-3H3. The molecule has 0 spiro atoms. The average Bonchev–Trinajstić information content (AvgIpc) is 2.40. The quantitative estimate of drug-likeness (QED) is 0.642. The molecule has 2 N–H and O–H groups in total. The summed E-state index contributed by atoms with van der Waals surface area (Å²) in [7, 11) is 0. The summed E-state index contributed by atoms with van der Waals surface area (Å²) in [6.07, 6.45) is 0.133. The Labute approximate surface area is 125 Å². The van der Waals surface area contributed by atoms with Crippen molar-refractivity contribution in [2.24, 2.45) is 0 Å². The molecule has 0 unspecified atom stereocenters. The van der Waals surface area contributed by atoms with Gasteiger partial charge in [-0.2, -0.15) is 0 Å². The minimum absolute atomic E-state index is 0.133. The van der Waals surface area contributed by atoms with Gasteiger partial charge in [-0.3, -0.25) is 0 Å². The van der Waals surface area contributed by atoms with E-state index in [1.807, 2.05) is 32.0 Å². The highest BCUT2D eigenvalue weighted by molar-refractivity contribution is 7.98. The van der Waals surface area contributed by atoms with Gasteiger partial charge in [-0.15, -0.1) is 11.8 Å². The highest BCUT2D eigenvalue weighted by Crippen LogP contribution is 2.31. The third-order valence-corrected chi connectivity index (χ3v) is 4.05. The summed E-state index contributed by atoms with van der Waals surface area (Å²) < 4.78 is 5.72. The number of hydrogen-bond donors (Lipinski definition) is 1. The Bertz CT molecular complexity index is 581. The van der Waals surface area contributed by atoms with Crippen LogP contribution in [0.15, 0.2) is 47.4 Å². The van der Waals surface area contributed by atoms with Crippen molar-refractivity contribution in [1.82, 2.24) is 0 Å². The number of rotatable bonds is 5. The van der Waals surface area contributed by atoms with E-state index in [9.17, 15) is 0 Å². The first-order valence-electron chi connectivity index (χ1n) is 6.79. The second-order valence-electron chi connectivity index (χ2n) is 5.08. The third kappa shape index (κ3) is 3.94. The lowest BCUT2D eigenvalue weighted by molar-refractivity contribution is 0.243. The van der Waals surface area contributed by atoms with Crippen molar-refractivity contribution in [3.8, 4) is 5.75 Å². The zero-order chi connectivity index (χ0) is 14.5. The molecule has 0 atom stereocenters. The van der Waals surface area contributed by atoms with Crippen LogP contribution in [-0.2, 0) is 5.75 Å². The number of benzene rings is 2. The van der Waals surface area contributed by atoms with Crippen molar-refractivity contribution >= 4 is 17.4 Å². The van der Waals surface area contributed by atoms with Gasteiger partial charge in [0.1, 0.15) is 5.75 Å². The van der Waals surface area contributed by atoms with Gasteiger partial charge in [-0.1, -0.05) is 24.3 Å². The fourth-order valence-electron chi connectivity index (χ4n) is 1.89. The lowest BCUT2D eigenvalue weighted by Crippen LogP contribution is -2.07. The summed E-state index contributed by atoms with van der Waals surface area (Å²) in [6, 6.07) is 14.5. The maximum absolute atomic E-state index is 5.93. The Hall–Kier alpha value is -1.61. The summed E-state index contributed by atoms with van der Waals surface area (Å²) in [5.74, 6) is 1.73. The predicted octanol–water partition coefficient (Wildman–Crippen LogP) is 4.66. The highest BCUT2D eigenvalue weighted by atomic mass is 32.2. The second kappa shape index (κ2) is 6.71. The molecule has 0 radical (unpaired) electrons. The van der Waals surface area contributed by atoms with Crippen LogP contribution in [0.4, 0.5) is 5.69 Å².